The van der Waals surface area contributed by atoms with Crippen molar-refractivity contribution in [3.8, 4) is 0 Å². The predicted molar refractivity (Wildman–Crippen MR) is 93.4 cm³/mol. The summed E-state index contributed by atoms with van der Waals surface area (Å²) in [6.45, 7) is 6.68. The fourth-order valence-electron chi connectivity index (χ4n) is 2.71. The number of likely N-dealkylation sites (tertiary alicyclic amines) is 1. The highest BCUT2D eigenvalue weighted by Crippen LogP contribution is 2.17. The first-order chi connectivity index (χ1) is 11.1. The first-order valence-electron chi connectivity index (χ1n) is 8.49. The van der Waals surface area contributed by atoms with Gasteiger partial charge in [-0.1, -0.05) is 13.8 Å². The summed E-state index contributed by atoms with van der Waals surface area (Å²) in [5.41, 5.74) is 1.51. The van der Waals surface area contributed by atoms with Gasteiger partial charge in [-0.15, -0.1) is 0 Å². The number of hydrogen-bond donors (Lipinski definition) is 2. The Morgan fingerprint density at radius 2 is 1.57 bits per heavy atom. The van der Waals surface area contributed by atoms with E-state index in [2.05, 4.69) is 22.5 Å². The number of piperidine rings is 1. The predicted octanol–water partition coefficient (Wildman–Crippen LogP) is 3.10. The molecular formula is C18H27N3O2. The fraction of sp³-hybridized carbons (Fsp3) is 0.556. The van der Waals surface area contributed by atoms with Crippen LogP contribution in [0.5, 0.6) is 0 Å². The van der Waals surface area contributed by atoms with E-state index >= 15 is 0 Å². The standard InChI is InChI=1S/C18H27N3O2/c1-3-4-17(22)19-15-5-7-16(8-6-15)20-18(23)13-21-11-9-14(2)10-12-21/h5-8,14H,3-4,9-13H2,1-2H3,(H,19,22)(H,20,23). The SMILES string of the molecule is CCCC(=O)Nc1ccc(NC(=O)CN2CCC(C)CC2)cc1. The van der Waals surface area contributed by atoms with Crippen LogP contribution in [-0.2, 0) is 9.59 Å². The number of anilines is 2. The lowest BCUT2D eigenvalue weighted by atomic mass is 9.99. The van der Waals surface area contributed by atoms with Gasteiger partial charge in [-0.25, -0.2) is 0 Å². The molecule has 1 fully saturated rings. The summed E-state index contributed by atoms with van der Waals surface area (Å²) in [7, 11) is 0. The minimum atomic E-state index is 0.0160. The molecule has 5 heteroatoms. The zero-order chi connectivity index (χ0) is 16.7. The number of rotatable bonds is 6. The summed E-state index contributed by atoms with van der Waals surface area (Å²) < 4.78 is 0. The van der Waals surface area contributed by atoms with E-state index in [1.165, 1.54) is 12.8 Å². The van der Waals surface area contributed by atoms with Crippen LogP contribution in [0.1, 0.15) is 39.5 Å². The van der Waals surface area contributed by atoms with Crippen LogP contribution in [0.15, 0.2) is 24.3 Å². The molecule has 1 heterocycles. The van der Waals surface area contributed by atoms with E-state index < -0.39 is 0 Å². The Morgan fingerprint density at radius 3 is 2.09 bits per heavy atom. The summed E-state index contributed by atoms with van der Waals surface area (Å²) in [5.74, 6) is 0.802. The normalized spacial score (nSPS) is 16.1. The molecule has 2 rings (SSSR count). The van der Waals surface area contributed by atoms with Gasteiger partial charge in [0.25, 0.3) is 0 Å². The van der Waals surface area contributed by atoms with Gasteiger partial charge >= 0.3 is 0 Å². The topological polar surface area (TPSA) is 61.4 Å². The van der Waals surface area contributed by atoms with Crippen LogP contribution >= 0.6 is 0 Å². The molecule has 0 aromatic heterocycles. The lowest BCUT2D eigenvalue weighted by molar-refractivity contribution is -0.118. The highest BCUT2D eigenvalue weighted by atomic mass is 16.2. The van der Waals surface area contributed by atoms with Crippen LogP contribution < -0.4 is 10.6 Å². The maximum atomic E-state index is 12.1. The average molecular weight is 317 g/mol. The third-order valence-electron chi connectivity index (χ3n) is 4.17. The molecule has 0 bridgehead atoms. The van der Waals surface area contributed by atoms with Gasteiger partial charge in [0.2, 0.25) is 11.8 Å². The Bertz CT molecular complexity index is 520. The largest absolute Gasteiger partial charge is 0.326 e. The van der Waals surface area contributed by atoms with E-state index in [1.807, 2.05) is 31.2 Å². The number of amides is 2. The molecule has 0 saturated carbocycles. The highest BCUT2D eigenvalue weighted by Gasteiger charge is 2.17. The Hall–Kier alpha value is -1.88. The number of benzene rings is 1. The lowest BCUT2D eigenvalue weighted by Crippen LogP contribution is -2.38. The maximum absolute atomic E-state index is 12.1. The number of hydrogen-bond acceptors (Lipinski definition) is 3. The second kappa shape index (κ2) is 8.67. The summed E-state index contributed by atoms with van der Waals surface area (Å²) in [5, 5.41) is 5.75. The monoisotopic (exact) mass is 317 g/mol. The van der Waals surface area contributed by atoms with Crippen molar-refractivity contribution in [2.45, 2.75) is 39.5 Å². The maximum Gasteiger partial charge on any atom is 0.238 e. The minimum Gasteiger partial charge on any atom is -0.326 e. The summed E-state index contributed by atoms with van der Waals surface area (Å²) in [6, 6.07) is 7.26. The minimum absolute atomic E-state index is 0.0160. The Kier molecular flexibility index (Phi) is 6.59. The number of nitrogens with zero attached hydrogens (tertiary/aromatic N) is 1. The van der Waals surface area contributed by atoms with Crippen molar-refractivity contribution in [3.05, 3.63) is 24.3 Å². The third kappa shape index (κ3) is 6.02. The van der Waals surface area contributed by atoms with Gasteiger partial charge < -0.3 is 10.6 Å². The molecule has 0 unspecified atom stereocenters. The van der Waals surface area contributed by atoms with Crippen molar-refractivity contribution in [3.63, 3.8) is 0 Å². The molecule has 2 amide bonds. The van der Waals surface area contributed by atoms with Gasteiger partial charge in [0.15, 0.2) is 0 Å². The smallest absolute Gasteiger partial charge is 0.238 e. The van der Waals surface area contributed by atoms with Crippen LogP contribution in [0.4, 0.5) is 11.4 Å². The van der Waals surface area contributed by atoms with Crippen molar-refractivity contribution in [1.82, 2.24) is 4.90 Å². The van der Waals surface area contributed by atoms with Gasteiger partial charge in [0, 0.05) is 17.8 Å². The van der Waals surface area contributed by atoms with Gasteiger partial charge in [0.1, 0.15) is 0 Å². The fourth-order valence-corrected chi connectivity index (χ4v) is 2.71. The lowest BCUT2D eigenvalue weighted by Gasteiger charge is -2.29. The van der Waals surface area contributed by atoms with Crippen LogP contribution in [0.2, 0.25) is 0 Å². The highest BCUT2D eigenvalue weighted by molar-refractivity contribution is 5.93. The number of carbonyl (C=O) groups excluding carboxylic acids is 2. The zero-order valence-electron chi connectivity index (χ0n) is 14.1. The molecule has 0 radical (unpaired) electrons. The van der Waals surface area contributed by atoms with Crippen LogP contribution in [0.3, 0.4) is 0 Å². The van der Waals surface area contributed by atoms with Gasteiger partial charge in [-0.05, 0) is 62.5 Å². The molecule has 126 valence electrons. The Balaban J connectivity index is 1.78. The third-order valence-corrected chi connectivity index (χ3v) is 4.17. The molecule has 0 aliphatic carbocycles. The van der Waals surface area contributed by atoms with Crippen LogP contribution in [0, 0.1) is 5.92 Å². The second-order valence-electron chi connectivity index (χ2n) is 6.38. The molecule has 1 aromatic rings. The van der Waals surface area contributed by atoms with E-state index in [1.54, 1.807) is 0 Å². The van der Waals surface area contributed by atoms with Crippen molar-refractivity contribution < 1.29 is 9.59 Å². The first kappa shape index (κ1) is 17.5. The molecule has 1 aliphatic rings. The summed E-state index contributed by atoms with van der Waals surface area (Å²) in [4.78, 5) is 25.8. The summed E-state index contributed by atoms with van der Waals surface area (Å²) >= 11 is 0. The molecule has 2 N–H and O–H groups in total. The van der Waals surface area contributed by atoms with Crippen molar-refractivity contribution in [2.24, 2.45) is 5.92 Å². The van der Waals surface area contributed by atoms with Gasteiger partial charge in [-0.3, -0.25) is 14.5 Å². The quantitative estimate of drug-likeness (QED) is 0.847. The van der Waals surface area contributed by atoms with Crippen molar-refractivity contribution >= 4 is 23.2 Å². The zero-order valence-corrected chi connectivity index (χ0v) is 14.1. The number of nitrogens with one attached hydrogen (secondary N) is 2. The number of carbonyl (C=O) groups is 2. The molecule has 1 aliphatic heterocycles. The second-order valence-corrected chi connectivity index (χ2v) is 6.38. The molecule has 0 atom stereocenters. The van der Waals surface area contributed by atoms with Crippen LogP contribution in [-0.4, -0.2) is 36.3 Å². The molecule has 1 aromatic carbocycles. The van der Waals surface area contributed by atoms with Gasteiger partial charge in [0.05, 0.1) is 6.54 Å². The van der Waals surface area contributed by atoms with E-state index in [0.717, 1.165) is 36.8 Å². The molecule has 23 heavy (non-hydrogen) atoms. The first-order valence-corrected chi connectivity index (χ1v) is 8.49. The van der Waals surface area contributed by atoms with Gasteiger partial charge in [-0.2, -0.15) is 0 Å². The molecule has 1 saturated heterocycles. The molecule has 0 spiro atoms. The van der Waals surface area contributed by atoms with Crippen molar-refractivity contribution in [1.29, 1.82) is 0 Å². The Labute approximate surface area is 138 Å². The van der Waals surface area contributed by atoms with E-state index in [0.29, 0.717) is 13.0 Å². The van der Waals surface area contributed by atoms with E-state index in [4.69, 9.17) is 0 Å². The van der Waals surface area contributed by atoms with E-state index in [9.17, 15) is 9.59 Å². The van der Waals surface area contributed by atoms with Crippen LogP contribution in [0.25, 0.3) is 0 Å². The Morgan fingerprint density at radius 1 is 1.04 bits per heavy atom. The molecular weight excluding hydrogens is 290 g/mol. The average Bonchev–Trinajstić information content (AvgIpc) is 2.52. The van der Waals surface area contributed by atoms with E-state index in [-0.39, 0.29) is 11.8 Å². The summed E-state index contributed by atoms with van der Waals surface area (Å²) in [6.07, 6.45) is 3.68. The molecule has 5 nitrogen and oxygen atoms in total. The van der Waals surface area contributed by atoms with Crippen molar-refractivity contribution in [2.75, 3.05) is 30.3 Å².